The van der Waals surface area contributed by atoms with Crippen molar-refractivity contribution < 1.29 is 0 Å². The third-order valence-electron chi connectivity index (χ3n) is 5.13. The number of hydrogen-bond acceptors (Lipinski definition) is 2. The van der Waals surface area contributed by atoms with Gasteiger partial charge in [0.2, 0.25) is 0 Å². The Labute approximate surface area is 117 Å². The average Bonchev–Trinajstić information content (AvgIpc) is 3.01. The minimum absolute atomic E-state index is 0.437. The van der Waals surface area contributed by atoms with Crippen molar-refractivity contribution in [2.24, 2.45) is 0 Å². The van der Waals surface area contributed by atoms with Crippen molar-refractivity contribution in [3.8, 4) is 0 Å². The van der Waals surface area contributed by atoms with Crippen molar-refractivity contribution >= 4 is 5.69 Å². The standard InChI is InChI=1S/C17H26N2/c1-2-19(16-5-3-4-6-16)13-17(11-12-17)14-7-9-15(18)10-8-14/h7-10,16H,2-6,11-13,18H2,1H3. The van der Waals surface area contributed by atoms with Crippen LogP contribution in [0.1, 0.15) is 51.0 Å². The third-order valence-corrected chi connectivity index (χ3v) is 5.13. The molecule has 3 rings (SSSR count). The van der Waals surface area contributed by atoms with Crippen LogP contribution in [-0.4, -0.2) is 24.0 Å². The molecular formula is C17H26N2. The highest BCUT2D eigenvalue weighted by Gasteiger charge is 2.46. The molecule has 2 fully saturated rings. The molecule has 0 aromatic heterocycles. The number of rotatable bonds is 5. The van der Waals surface area contributed by atoms with Gasteiger partial charge in [0.25, 0.3) is 0 Å². The Balaban J connectivity index is 1.72. The van der Waals surface area contributed by atoms with Gasteiger partial charge in [-0.1, -0.05) is 31.9 Å². The van der Waals surface area contributed by atoms with Gasteiger partial charge >= 0.3 is 0 Å². The van der Waals surface area contributed by atoms with Crippen molar-refractivity contribution in [1.29, 1.82) is 0 Å². The van der Waals surface area contributed by atoms with Crippen LogP contribution in [0.5, 0.6) is 0 Å². The minimum atomic E-state index is 0.437. The summed E-state index contributed by atoms with van der Waals surface area (Å²) < 4.78 is 0. The molecule has 0 spiro atoms. The lowest BCUT2D eigenvalue weighted by Gasteiger charge is -2.32. The molecule has 1 aromatic rings. The van der Waals surface area contributed by atoms with Gasteiger partial charge in [0.15, 0.2) is 0 Å². The fourth-order valence-corrected chi connectivity index (χ4v) is 3.68. The first-order valence-electron chi connectivity index (χ1n) is 7.83. The van der Waals surface area contributed by atoms with Crippen molar-refractivity contribution in [3.05, 3.63) is 29.8 Å². The van der Waals surface area contributed by atoms with Crippen LogP contribution >= 0.6 is 0 Å². The maximum atomic E-state index is 5.81. The van der Waals surface area contributed by atoms with Gasteiger partial charge < -0.3 is 5.73 Å². The second-order valence-electron chi connectivity index (χ2n) is 6.40. The van der Waals surface area contributed by atoms with Gasteiger partial charge in [0.05, 0.1) is 0 Å². The highest BCUT2D eigenvalue weighted by Crippen LogP contribution is 2.49. The molecule has 0 saturated heterocycles. The lowest BCUT2D eigenvalue weighted by molar-refractivity contribution is 0.190. The predicted octanol–water partition coefficient (Wildman–Crippen LogP) is 3.56. The molecule has 2 aliphatic rings. The first-order chi connectivity index (χ1) is 9.23. The van der Waals surface area contributed by atoms with E-state index in [1.165, 1.54) is 57.2 Å². The Bertz CT molecular complexity index is 413. The van der Waals surface area contributed by atoms with E-state index in [0.29, 0.717) is 5.41 Å². The van der Waals surface area contributed by atoms with Gasteiger partial charge in [-0.25, -0.2) is 0 Å². The number of hydrogen-bond donors (Lipinski definition) is 1. The fourth-order valence-electron chi connectivity index (χ4n) is 3.68. The van der Waals surface area contributed by atoms with Gasteiger partial charge in [-0.2, -0.15) is 0 Å². The monoisotopic (exact) mass is 258 g/mol. The minimum Gasteiger partial charge on any atom is -0.399 e. The van der Waals surface area contributed by atoms with E-state index in [2.05, 4.69) is 36.1 Å². The summed E-state index contributed by atoms with van der Waals surface area (Å²) in [5, 5.41) is 0. The molecule has 2 N–H and O–H groups in total. The normalized spacial score (nSPS) is 22.0. The van der Waals surface area contributed by atoms with Crippen LogP contribution < -0.4 is 5.73 Å². The molecule has 0 atom stereocenters. The van der Waals surface area contributed by atoms with Crippen molar-refractivity contribution in [1.82, 2.24) is 4.90 Å². The van der Waals surface area contributed by atoms with Crippen molar-refractivity contribution in [2.75, 3.05) is 18.8 Å². The zero-order valence-electron chi connectivity index (χ0n) is 12.1. The molecular weight excluding hydrogens is 232 g/mol. The number of likely N-dealkylation sites (N-methyl/N-ethyl adjacent to an activating group) is 1. The fraction of sp³-hybridized carbons (Fsp3) is 0.647. The zero-order chi connectivity index (χ0) is 13.3. The topological polar surface area (TPSA) is 29.3 Å². The van der Waals surface area contributed by atoms with E-state index in [0.717, 1.165) is 11.7 Å². The van der Waals surface area contributed by atoms with E-state index in [1.54, 1.807) is 0 Å². The lowest BCUT2D eigenvalue weighted by Crippen LogP contribution is -2.39. The summed E-state index contributed by atoms with van der Waals surface area (Å²) in [4.78, 5) is 2.73. The summed E-state index contributed by atoms with van der Waals surface area (Å²) in [6.45, 7) is 4.76. The maximum absolute atomic E-state index is 5.81. The molecule has 0 unspecified atom stereocenters. The average molecular weight is 258 g/mol. The Kier molecular flexibility index (Phi) is 3.53. The van der Waals surface area contributed by atoms with E-state index < -0.39 is 0 Å². The molecule has 0 aliphatic heterocycles. The van der Waals surface area contributed by atoms with Gasteiger partial charge in [-0.3, -0.25) is 4.90 Å². The zero-order valence-corrected chi connectivity index (χ0v) is 12.1. The van der Waals surface area contributed by atoms with Crippen LogP contribution in [0.25, 0.3) is 0 Å². The van der Waals surface area contributed by atoms with Gasteiger partial charge in [-0.05, 0) is 49.9 Å². The third kappa shape index (κ3) is 2.64. The maximum Gasteiger partial charge on any atom is 0.0314 e. The number of benzene rings is 1. The number of nitrogen functional groups attached to an aromatic ring is 1. The molecule has 0 radical (unpaired) electrons. The van der Waals surface area contributed by atoms with Gasteiger partial charge in [0.1, 0.15) is 0 Å². The molecule has 19 heavy (non-hydrogen) atoms. The Morgan fingerprint density at radius 2 is 1.79 bits per heavy atom. The van der Waals surface area contributed by atoms with Crippen LogP contribution in [0.2, 0.25) is 0 Å². The molecule has 2 heteroatoms. The highest BCUT2D eigenvalue weighted by molar-refractivity contribution is 5.43. The summed E-state index contributed by atoms with van der Waals surface area (Å²) in [6.07, 6.45) is 8.36. The summed E-state index contributed by atoms with van der Waals surface area (Å²) in [5.41, 5.74) is 8.62. The summed E-state index contributed by atoms with van der Waals surface area (Å²) >= 11 is 0. The van der Waals surface area contributed by atoms with E-state index in [-0.39, 0.29) is 0 Å². The van der Waals surface area contributed by atoms with E-state index >= 15 is 0 Å². The Hall–Kier alpha value is -1.02. The van der Waals surface area contributed by atoms with Crippen molar-refractivity contribution in [3.63, 3.8) is 0 Å². The summed E-state index contributed by atoms with van der Waals surface area (Å²) in [6, 6.07) is 9.44. The molecule has 0 bridgehead atoms. The summed E-state index contributed by atoms with van der Waals surface area (Å²) in [5.74, 6) is 0. The number of nitrogens with two attached hydrogens (primary N) is 1. The largest absolute Gasteiger partial charge is 0.399 e. The Morgan fingerprint density at radius 1 is 1.16 bits per heavy atom. The van der Waals surface area contributed by atoms with Crippen LogP contribution in [-0.2, 0) is 5.41 Å². The van der Waals surface area contributed by atoms with E-state index in [1.807, 2.05) is 0 Å². The molecule has 2 nitrogen and oxygen atoms in total. The van der Waals surface area contributed by atoms with Crippen molar-refractivity contribution in [2.45, 2.75) is 56.9 Å². The van der Waals surface area contributed by atoms with E-state index in [4.69, 9.17) is 5.73 Å². The molecule has 1 aromatic carbocycles. The van der Waals surface area contributed by atoms with Crippen LogP contribution in [0, 0.1) is 0 Å². The first-order valence-corrected chi connectivity index (χ1v) is 7.83. The molecule has 104 valence electrons. The van der Waals surface area contributed by atoms with Gasteiger partial charge in [-0.15, -0.1) is 0 Å². The van der Waals surface area contributed by atoms with Crippen LogP contribution in [0.15, 0.2) is 24.3 Å². The van der Waals surface area contributed by atoms with Crippen LogP contribution in [0.4, 0.5) is 5.69 Å². The predicted molar refractivity (Wildman–Crippen MR) is 81.3 cm³/mol. The number of anilines is 1. The van der Waals surface area contributed by atoms with E-state index in [9.17, 15) is 0 Å². The Morgan fingerprint density at radius 3 is 2.32 bits per heavy atom. The molecule has 0 heterocycles. The number of nitrogens with zero attached hydrogens (tertiary/aromatic N) is 1. The summed E-state index contributed by atoms with van der Waals surface area (Å²) in [7, 11) is 0. The second-order valence-corrected chi connectivity index (χ2v) is 6.40. The smallest absolute Gasteiger partial charge is 0.0314 e. The van der Waals surface area contributed by atoms with Gasteiger partial charge in [0, 0.05) is 23.7 Å². The first kappa shape index (κ1) is 13.0. The second kappa shape index (κ2) is 5.16. The molecule has 0 amide bonds. The lowest BCUT2D eigenvalue weighted by atomic mass is 9.94. The quantitative estimate of drug-likeness (QED) is 0.818. The SMILES string of the molecule is CCN(CC1(c2ccc(N)cc2)CC1)C1CCCC1. The van der Waals surface area contributed by atoms with Crippen LogP contribution in [0.3, 0.4) is 0 Å². The molecule has 2 aliphatic carbocycles. The molecule has 2 saturated carbocycles. The highest BCUT2D eigenvalue weighted by atomic mass is 15.2.